The number of nitrogens with one attached hydrogen (secondary N) is 1. The van der Waals surface area contributed by atoms with E-state index in [9.17, 15) is 8.42 Å². The van der Waals surface area contributed by atoms with E-state index >= 15 is 0 Å². The minimum Gasteiger partial charge on any atom is -0.399 e. The quantitative estimate of drug-likeness (QED) is 0.647. The molecule has 0 saturated heterocycles. The highest BCUT2D eigenvalue weighted by Gasteiger charge is 2.42. The average molecular weight is 284 g/mol. The van der Waals surface area contributed by atoms with E-state index in [1.54, 1.807) is 24.3 Å². The maximum Gasteiger partial charge on any atom is 0.215 e. The topological polar surface area (TPSA) is 92.4 Å². The zero-order valence-corrected chi connectivity index (χ0v) is 11.6. The molecule has 0 radical (unpaired) electrons. The Morgan fingerprint density at radius 2 is 2.11 bits per heavy atom. The molecule has 6 heteroatoms. The van der Waals surface area contributed by atoms with Gasteiger partial charge in [0.1, 0.15) is 0 Å². The molecular weight excluding hydrogens is 264 g/mol. The summed E-state index contributed by atoms with van der Waals surface area (Å²) < 4.78 is 26.6. The van der Waals surface area contributed by atoms with Gasteiger partial charge in [-0.25, -0.2) is 13.1 Å². The van der Waals surface area contributed by atoms with Crippen LogP contribution in [-0.2, 0) is 15.8 Å². The van der Waals surface area contributed by atoms with Crippen LogP contribution in [0, 0.1) is 5.41 Å². The number of nitrogens with two attached hydrogens (primary N) is 1. The van der Waals surface area contributed by atoms with Crippen molar-refractivity contribution in [1.29, 1.82) is 0 Å². The number of rotatable bonds is 7. The standard InChI is InChI=1S/C13H20N2O3S/c14-12-3-1-2-11(8-12)9-19(17,18)15-10-13(4-5-13)6-7-16/h1-3,8,15-16H,4-7,9-10,14H2. The third-order valence-corrected chi connectivity index (χ3v) is 4.87. The molecule has 0 aromatic heterocycles. The summed E-state index contributed by atoms with van der Waals surface area (Å²) in [5.41, 5.74) is 6.85. The van der Waals surface area contributed by atoms with Crippen LogP contribution in [0.2, 0.25) is 0 Å². The Morgan fingerprint density at radius 1 is 1.37 bits per heavy atom. The smallest absolute Gasteiger partial charge is 0.215 e. The summed E-state index contributed by atoms with van der Waals surface area (Å²) in [6, 6.07) is 6.88. The van der Waals surface area contributed by atoms with Crippen LogP contribution < -0.4 is 10.5 Å². The van der Waals surface area contributed by atoms with Crippen LogP contribution in [0.4, 0.5) is 5.69 Å². The van der Waals surface area contributed by atoms with E-state index in [1.807, 2.05) is 0 Å². The first kappa shape index (κ1) is 14.3. The van der Waals surface area contributed by atoms with Gasteiger partial charge in [0.2, 0.25) is 10.0 Å². The Hall–Kier alpha value is -1.11. The highest BCUT2D eigenvalue weighted by Crippen LogP contribution is 2.48. The Balaban J connectivity index is 1.92. The summed E-state index contributed by atoms with van der Waals surface area (Å²) in [5, 5.41) is 8.95. The normalized spacial score (nSPS) is 17.3. The zero-order valence-electron chi connectivity index (χ0n) is 10.8. The van der Waals surface area contributed by atoms with Crippen LogP contribution in [0.5, 0.6) is 0 Å². The van der Waals surface area contributed by atoms with E-state index in [-0.39, 0.29) is 17.8 Å². The maximum absolute atomic E-state index is 12.0. The molecule has 1 aromatic carbocycles. The fourth-order valence-corrected chi connectivity index (χ4v) is 3.39. The summed E-state index contributed by atoms with van der Waals surface area (Å²) in [6.07, 6.45) is 2.62. The van der Waals surface area contributed by atoms with Crippen molar-refractivity contribution in [2.45, 2.75) is 25.0 Å². The lowest BCUT2D eigenvalue weighted by molar-refractivity contribution is 0.249. The fourth-order valence-electron chi connectivity index (χ4n) is 2.15. The van der Waals surface area contributed by atoms with Crippen LogP contribution in [0.15, 0.2) is 24.3 Å². The molecule has 19 heavy (non-hydrogen) atoms. The molecule has 0 heterocycles. The third-order valence-electron chi connectivity index (χ3n) is 3.57. The molecular formula is C13H20N2O3S. The van der Waals surface area contributed by atoms with E-state index in [1.165, 1.54) is 0 Å². The van der Waals surface area contributed by atoms with Gasteiger partial charge in [-0.15, -0.1) is 0 Å². The van der Waals surface area contributed by atoms with Crippen molar-refractivity contribution in [3.63, 3.8) is 0 Å². The first-order valence-electron chi connectivity index (χ1n) is 6.37. The Labute approximate surface area is 113 Å². The summed E-state index contributed by atoms with van der Waals surface area (Å²) in [6.45, 7) is 0.523. The lowest BCUT2D eigenvalue weighted by atomic mass is 10.0. The van der Waals surface area contributed by atoms with Crippen molar-refractivity contribution in [3.8, 4) is 0 Å². The Kier molecular flexibility index (Phi) is 4.13. The molecule has 1 saturated carbocycles. The fraction of sp³-hybridized carbons (Fsp3) is 0.538. The van der Waals surface area contributed by atoms with Crippen molar-refractivity contribution in [2.75, 3.05) is 18.9 Å². The summed E-state index contributed by atoms with van der Waals surface area (Å²) in [5.74, 6) is -0.0623. The molecule has 1 aliphatic rings. The molecule has 0 atom stereocenters. The van der Waals surface area contributed by atoms with Gasteiger partial charge in [-0.1, -0.05) is 12.1 Å². The van der Waals surface area contributed by atoms with E-state index in [0.717, 1.165) is 12.8 Å². The molecule has 106 valence electrons. The van der Waals surface area contributed by atoms with Crippen molar-refractivity contribution in [2.24, 2.45) is 5.41 Å². The van der Waals surface area contributed by atoms with Gasteiger partial charge in [0.25, 0.3) is 0 Å². The minimum absolute atomic E-state index is 0.0163. The lowest BCUT2D eigenvalue weighted by Gasteiger charge is -2.14. The molecule has 5 nitrogen and oxygen atoms in total. The largest absolute Gasteiger partial charge is 0.399 e. The van der Waals surface area contributed by atoms with Gasteiger partial charge in [-0.05, 0) is 42.4 Å². The third kappa shape index (κ3) is 4.19. The Morgan fingerprint density at radius 3 is 2.68 bits per heavy atom. The molecule has 2 rings (SSSR count). The van der Waals surface area contributed by atoms with Crippen molar-refractivity contribution < 1.29 is 13.5 Å². The van der Waals surface area contributed by atoms with Crippen LogP contribution in [0.25, 0.3) is 0 Å². The van der Waals surface area contributed by atoms with Crippen LogP contribution >= 0.6 is 0 Å². The number of aliphatic hydroxyl groups excluding tert-OH is 1. The summed E-state index contributed by atoms with van der Waals surface area (Å²) in [7, 11) is -3.35. The monoisotopic (exact) mass is 284 g/mol. The van der Waals surface area contributed by atoms with Gasteiger partial charge in [-0.3, -0.25) is 0 Å². The first-order valence-corrected chi connectivity index (χ1v) is 8.03. The summed E-state index contributed by atoms with van der Waals surface area (Å²) >= 11 is 0. The number of hydrogen-bond donors (Lipinski definition) is 3. The lowest BCUT2D eigenvalue weighted by Crippen LogP contribution is -2.31. The van der Waals surface area contributed by atoms with E-state index in [2.05, 4.69) is 4.72 Å². The van der Waals surface area contributed by atoms with Gasteiger partial charge >= 0.3 is 0 Å². The van der Waals surface area contributed by atoms with Crippen LogP contribution in [-0.4, -0.2) is 26.7 Å². The van der Waals surface area contributed by atoms with Gasteiger partial charge in [0, 0.05) is 18.8 Å². The summed E-state index contributed by atoms with van der Waals surface area (Å²) in [4.78, 5) is 0. The average Bonchev–Trinajstić information content (AvgIpc) is 3.07. The number of benzene rings is 1. The number of sulfonamides is 1. The number of hydrogen-bond acceptors (Lipinski definition) is 4. The van der Waals surface area contributed by atoms with Gasteiger partial charge < -0.3 is 10.8 Å². The molecule has 1 aromatic rings. The van der Waals surface area contributed by atoms with Crippen molar-refractivity contribution in [3.05, 3.63) is 29.8 Å². The molecule has 0 bridgehead atoms. The zero-order chi connectivity index (χ0) is 13.9. The van der Waals surface area contributed by atoms with Crippen LogP contribution in [0.3, 0.4) is 0 Å². The maximum atomic E-state index is 12.0. The van der Waals surface area contributed by atoms with Crippen molar-refractivity contribution in [1.82, 2.24) is 4.72 Å². The molecule has 0 unspecified atom stereocenters. The van der Waals surface area contributed by atoms with Gasteiger partial charge in [-0.2, -0.15) is 0 Å². The molecule has 4 N–H and O–H groups in total. The van der Waals surface area contributed by atoms with E-state index in [0.29, 0.717) is 24.2 Å². The molecule has 1 fully saturated rings. The Bertz CT molecular complexity index is 539. The predicted octanol–water partition coefficient (Wildman–Crippen LogP) is 0.851. The second-order valence-electron chi connectivity index (χ2n) is 5.30. The number of anilines is 1. The second-order valence-corrected chi connectivity index (χ2v) is 7.11. The highest BCUT2D eigenvalue weighted by molar-refractivity contribution is 7.88. The highest BCUT2D eigenvalue weighted by atomic mass is 32.2. The van der Waals surface area contributed by atoms with Crippen molar-refractivity contribution >= 4 is 15.7 Å². The van der Waals surface area contributed by atoms with Gasteiger partial charge in [0.15, 0.2) is 0 Å². The number of aliphatic hydroxyl groups is 1. The van der Waals surface area contributed by atoms with Gasteiger partial charge in [0.05, 0.1) is 5.75 Å². The first-order chi connectivity index (χ1) is 8.95. The SMILES string of the molecule is Nc1cccc(CS(=O)(=O)NCC2(CCO)CC2)c1. The number of nitrogen functional groups attached to an aromatic ring is 1. The van der Waals surface area contributed by atoms with E-state index < -0.39 is 10.0 Å². The molecule has 0 aliphatic heterocycles. The molecule has 0 spiro atoms. The molecule has 1 aliphatic carbocycles. The predicted molar refractivity (Wildman–Crippen MR) is 74.9 cm³/mol. The molecule has 0 amide bonds. The minimum atomic E-state index is -3.35. The van der Waals surface area contributed by atoms with E-state index in [4.69, 9.17) is 10.8 Å². The second kappa shape index (κ2) is 5.48. The van der Waals surface area contributed by atoms with Crippen LogP contribution in [0.1, 0.15) is 24.8 Å².